The van der Waals surface area contributed by atoms with Crippen molar-refractivity contribution < 1.29 is 32.4 Å². The largest absolute Gasteiger partial charge is 0.490 e. The summed E-state index contributed by atoms with van der Waals surface area (Å²) in [5.74, 6) is 0.423. The Labute approximate surface area is 255 Å². The highest BCUT2D eigenvalue weighted by atomic mass is 79.9. The van der Waals surface area contributed by atoms with Gasteiger partial charge in [0.15, 0.2) is 16.6 Å². The van der Waals surface area contributed by atoms with Gasteiger partial charge in [0.2, 0.25) is 5.91 Å². The van der Waals surface area contributed by atoms with Crippen molar-refractivity contribution in [2.24, 2.45) is 5.10 Å². The molecule has 2 N–H and O–H groups in total. The van der Waals surface area contributed by atoms with Crippen LogP contribution in [0.4, 0.5) is 29.7 Å². The number of carbonyl (C=O) groups is 1. The van der Waals surface area contributed by atoms with Gasteiger partial charge in [-0.15, -0.1) is 11.3 Å². The smallest absolute Gasteiger partial charge is 0.416 e. The van der Waals surface area contributed by atoms with E-state index >= 15 is 0 Å². The van der Waals surface area contributed by atoms with Gasteiger partial charge in [-0.2, -0.15) is 18.3 Å². The van der Waals surface area contributed by atoms with E-state index in [1.54, 1.807) is 29.6 Å². The monoisotopic (exact) mass is 677 g/mol. The van der Waals surface area contributed by atoms with Gasteiger partial charge in [-0.25, -0.2) is 10.4 Å². The molecule has 3 aromatic carbocycles. The minimum Gasteiger partial charge on any atom is -0.490 e. The molecule has 15 heteroatoms. The number of alkyl halides is 3. The van der Waals surface area contributed by atoms with E-state index in [2.05, 4.69) is 36.8 Å². The lowest BCUT2D eigenvalue weighted by molar-refractivity contribution is -0.384. The van der Waals surface area contributed by atoms with E-state index < -0.39 is 22.6 Å². The maximum Gasteiger partial charge on any atom is 0.416 e. The van der Waals surface area contributed by atoms with Crippen LogP contribution in [0.2, 0.25) is 0 Å². The zero-order chi connectivity index (χ0) is 31.0. The highest BCUT2D eigenvalue weighted by Gasteiger charge is 2.30. The van der Waals surface area contributed by atoms with Crippen LogP contribution in [0.1, 0.15) is 29.3 Å². The van der Waals surface area contributed by atoms with Gasteiger partial charge in [0, 0.05) is 33.2 Å². The van der Waals surface area contributed by atoms with E-state index in [-0.39, 0.29) is 24.4 Å². The zero-order valence-corrected chi connectivity index (χ0v) is 24.8. The van der Waals surface area contributed by atoms with Crippen molar-refractivity contribution in [2.75, 3.05) is 11.9 Å². The highest BCUT2D eigenvalue weighted by Crippen LogP contribution is 2.34. The summed E-state index contributed by atoms with van der Waals surface area (Å²) in [6, 6.07) is 14.1. The predicted molar refractivity (Wildman–Crippen MR) is 159 cm³/mol. The average Bonchev–Trinajstić information content (AvgIpc) is 3.40. The van der Waals surface area contributed by atoms with E-state index in [0.29, 0.717) is 39.0 Å². The third kappa shape index (κ3) is 8.99. The second kappa shape index (κ2) is 14.1. The van der Waals surface area contributed by atoms with Crippen molar-refractivity contribution in [1.82, 2.24) is 10.4 Å². The summed E-state index contributed by atoms with van der Waals surface area (Å²) < 4.78 is 51.0. The Morgan fingerprint density at radius 3 is 2.58 bits per heavy atom. The van der Waals surface area contributed by atoms with Crippen LogP contribution in [0.15, 0.2) is 75.6 Å². The van der Waals surface area contributed by atoms with E-state index in [1.807, 2.05) is 6.92 Å². The Hall–Kier alpha value is -4.50. The van der Waals surface area contributed by atoms with E-state index in [9.17, 15) is 28.1 Å². The molecule has 0 atom stereocenters. The number of rotatable bonds is 12. The number of aromatic nitrogens is 1. The lowest BCUT2D eigenvalue weighted by Gasteiger charge is -2.14. The van der Waals surface area contributed by atoms with Crippen molar-refractivity contribution >= 4 is 55.9 Å². The Bertz CT molecular complexity index is 1630. The van der Waals surface area contributed by atoms with Crippen molar-refractivity contribution in [1.29, 1.82) is 0 Å². The number of nitrogens with zero attached hydrogens (tertiary/aromatic N) is 3. The van der Waals surface area contributed by atoms with Gasteiger partial charge in [-0.05, 0) is 70.9 Å². The fourth-order valence-electron chi connectivity index (χ4n) is 3.63. The summed E-state index contributed by atoms with van der Waals surface area (Å²) in [6.07, 6.45) is -3.14. The Balaban J connectivity index is 1.34. The summed E-state index contributed by atoms with van der Waals surface area (Å²) in [5, 5.41) is 19.6. The molecule has 0 fully saturated rings. The maximum absolute atomic E-state index is 13.0. The van der Waals surface area contributed by atoms with Gasteiger partial charge in [0.05, 0.1) is 35.4 Å². The van der Waals surface area contributed by atoms with Gasteiger partial charge >= 0.3 is 6.18 Å². The predicted octanol–water partition coefficient (Wildman–Crippen LogP) is 7.25. The molecule has 0 unspecified atom stereocenters. The molecule has 0 radical (unpaired) electrons. The number of thiazole rings is 1. The van der Waals surface area contributed by atoms with Crippen LogP contribution in [0.5, 0.6) is 11.5 Å². The van der Waals surface area contributed by atoms with Gasteiger partial charge in [0.25, 0.3) is 5.69 Å². The van der Waals surface area contributed by atoms with Crippen LogP contribution in [-0.2, 0) is 24.0 Å². The third-order valence-corrected chi connectivity index (χ3v) is 7.13. The summed E-state index contributed by atoms with van der Waals surface area (Å²) >= 11 is 4.61. The number of non-ortho nitro benzene ring substituents is 1. The lowest BCUT2D eigenvalue weighted by atomic mass is 10.2. The molecule has 10 nitrogen and oxygen atoms in total. The van der Waals surface area contributed by atoms with Gasteiger partial charge in [0.1, 0.15) is 6.61 Å². The Morgan fingerprint density at radius 1 is 1.14 bits per heavy atom. The second-order valence-corrected chi connectivity index (χ2v) is 10.5. The standard InChI is InChI=1S/C28H23BrF3N5O5S/c1-2-41-24-10-18(23(29)13-25(24)42-15-17-6-8-22(9-7-17)37(39)40)14-33-36-26(38)12-21-16-43-27(35-21)34-20-5-3-4-19(11-20)28(30,31)32/h3-11,13-14,16H,2,12,15H2,1H3,(H,34,35)(H,36,38)/b33-14-. The fourth-order valence-corrected chi connectivity index (χ4v) is 4.78. The first-order valence-electron chi connectivity index (χ1n) is 12.5. The van der Waals surface area contributed by atoms with Crippen LogP contribution < -0.4 is 20.2 Å². The van der Waals surface area contributed by atoms with E-state index in [4.69, 9.17) is 9.47 Å². The van der Waals surface area contributed by atoms with Gasteiger partial charge in [-0.3, -0.25) is 14.9 Å². The number of hydrazone groups is 1. The number of benzene rings is 3. The van der Waals surface area contributed by atoms with Crippen molar-refractivity contribution in [2.45, 2.75) is 26.1 Å². The minimum absolute atomic E-state index is 0.0143. The number of halogens is 4. The number of hydrogen-bond acceptors (Lipinski definition) is 9. The first kappa shape index (κ1) is 31.4. The first-order valence-corrected chi connectivity index (χ1v) is 14.2. The normalized spacial score (nSPS) is 11.4. The molecule has 0 aliphatic heterocycles. The number of anilines is 2. The highest BCUT2D eigenvalue weighted by molar-refractivity contribution is 9.10. The molecule has 4 rings (SSSR count). The summed E-state index contributed by atoms with van der Waals surface area (Å²) in [5.41, 5.74) is 3.60. The number of nitro groups is 1. The molecule has 0 aliphatic carbocycles. The molecule has 4 aromatic rings. The summed E-state index contributed by atoms with van der Waals surface area (Å²) in [7, 11) is 0. The molecule has 1 aromatic heterocycles. The SMILES string of the molecule is CCOc1cc(/C=N\NC(=O)Cc2csc(Nc3cccc(C(F)(F)F)c3)n2)c(Br)cc1OCc1ccc([N+](=O)[O-])cc1. The molecule has 43 heavy (non-hydrogen) atoms. The van der Waals surface area contributed by atoms with Crippen LogP contribution >= 0.6 is 27.3 Å². The molecule has 0 saturated carbocycles. The molecule has 1 amide bonds. The lowest BCUT2D eigenvalue weighted by Crippen LogP contribution is -2.20. The topological polar surface area (TPSA) is 128 Å². The molecule has 1 heterocycles. The molecule has 0 bridgehead atoms. The van der Waals surface area contributed by atoms with Crippen LogP contribution in [0.25, 0.3) is 0 Å². The van der Waals surface area contributed by atoms with E-state index in [1.165, 1.54) is 30.5 Å². The van der Waals surface area contributed by atoms with Crippen LogP contribution in [0, 0.1) is 10.1 Å². The van der Waals surface area contributed by atoms with Gasteiger partial charge in [-0.1, -0.05) is 6.07 Å². The number of nitro benzene ring substituents is 1. The molecule has 224 valence electrons. The number of hydrogen-bond donors (Lipinski definition) is 2. The molecule has 0 spiro atoms. The summed E-state index contributed by atoms with van der Waals surface area (Å²) in [4.78, 5) is 27.0. The minimum atomic E-state index is -4.46. The quantitative estimate of drug-likeness (QED) is 0.0918. The van der Waals surface area contributed by atoms with Crippen molar-refractivity contribution in [3.05, 3.63) is 103 Å². The zero-order valence-electron chi connectivity index (χ0n) is 22.4. The van der Waals surface area contributed by atoms with Crippen molar-refractivity contribution in [3.63, 3.8) is 0 Å². The first-order chi connectivity index (χ1) is 20.5. The molecule has 0 saturated heterocycles. The molecular formula is C28H23BrF3N5O5S. The van der Waals surface area contributed by atoms with Crippen LogP contribution in [0.3, 0.4) is 0 Å². The number of amides is 1. The number of carbonyl (C=O) groups excluding carboxylic acids is 1. The Kier molecular flexibility index (Phi) is 10.3. The second-order valence-electron chi connectivity index (χ2n) is 8.78. The number of ether oxygens (including phenoxy) is 2. The van der Waals surface area contributed by atoms with E-state index in [0.717, 1.165) is 29.0 Å². The molecule has 0 aliphatic rings. The van der Waals surface area contributed by atoms with Crippen molar-refractivity contribution in [3.8, 4) is 11.5 Å². The number of nitrogens with one attached hydrogen (secondary N) is 2. The van der Waals surface area contributed by atoms with Crippen LogP contribution in [-0.4, -0.2) is 28.6 Å². The average molecular weight is 678 g/mol. The third-order valence-electron chi connectivity index (χ3n) is 5.63. The maximum atomic E-state index is 13.0. The Morgan fingerprint density at radius 2 is 1.88 bits per heavy atom. The van der Waals surface area contributed by atoms with Gasteiger partial charge < -0.3 is 14.8 Å². The molecular weight excluding hydrogens is 655 g/mol. The summed E-state index contributed by atoms with van der Waals surface area (Å²) in [6.45, 7) is 2.33. The fraction of sp³-hybridized carbons (Fsp3) is 0.179.